The van der Waals surface area contributed by atoms with E-state index in [0.29, 0.717) is 18.7 Å². The number of hydrogen-bond donors (Lipinski definition) is 4. The fourth-order valence-corrected chi connectivity index (χ4v) is 1.25. The molecule has 0 aliphatic rings. The molecule has 0 aliphatic heterocycles. The maximum atomic E-state index is 11.4. The predicted molar refractivity (Wildman–Crippen MR) is 62.2 cm³/mol. The van der Waals surface area contributed by atoms with Gasteiger partial charge in [-0.25, -0.2) is 4.79 Å². The first-order valence-electron chi connectivity index (χ1n) is 5.05. The summed E-state index contributed by atoms with van der Waals surface area (Å²) in [6.07, 6.45) is 0.291. The Labute approximate surface area is 98.3 Å². The molecule has 6 nitrogen and oxygen atoms in total. The Kier molecular flexibility index (Phi) is 4.47. The van der Waals surface area contributed by atoms with Gasteiger partial charge in [0.05, 0.1) is 0 Å². The first kappa shape index (κ1) is 13.0. The number of nitrogens with one attached hydrogen (secondary N) is 2. The second-order valence-corrected chi connectivity index (χ2v) is 3.44. The number of amides is 1. The molecule has 1 amide bonds. The van der Waals surface area contributed by atoms with E-state index >= 15 is 0 Å². The van der Waals surface area contributed by atoms with Crippen molar-refractivity contribution >= 4 is 17.6 Å². The summed E-state index contributed by atoms with van der Waals surface area (Å²) in [6, 6.07) is 3.89. The van der Waals surface area contributed by atoms with Gasteiger partial charge in [-0.15, -0.1) is 0 Å². The van der Waals surface area contributed by atoms with Crippen molar-refractivity contribution in [1.29, 1.82) is 0 Å². The average molecular weight is 238 g/mol. The highest BCUT2D eigenvalue weighted by Crippen LogP contribution is 2.21. The van der Waals surface area contributed by atoms with E-state index in [-0.39, 0.29) is 17.2 Å². The maximum absolute atomic E-state index is 11.4. The van der Waals surface area contributed by atoms with Crippen LogP contribution in [0.5, 0.6) is 5.75 Å². The largest absolute Gasteiger partial charge is 0.507 e. The Balaban J connectivity index is 2.75. The molecule has 1 aromatic carbocycles. The number of carbonyl (C=O) groups excluding carboxylic acids is 1. The number of benzene rings is 1. The van der Waals surface area contributed by atoms with Crippen LogP contribution in [-0.2, 0) is 4.79 Å². The molecule has 92 valence electrons. The summed E-state index contributed by atoms with van der Waals surface area (Å²) in [5.74, 6) is -1.79. The zero-order valence-corrected chi connectivity index (χ0v) is 9.36. The van der Waals surface area contributed by atoms with Crippen LogP contribution >= 0.6 is 0 Å². The zero-order chi connectivity index (χ0) is 12.8. The van der Waals surface area contributed by atoms with Gasteiger partial charge < -0.3 is 20.8 Å². The van der Waals surface area contributed by atoms with Crippen LogP contribution in [0.1, 0.15) is 16.8 Å². The number of carboxylic acids is 1. The van der Waals surface area contributed by atoms with Crippen molar-refractivity contribution in [3.8, 4) is 5.75 Å². The fourth-order valence-electron chi connectivity index (χ4n) is 1.25. The summed E-state index contributed by atoms with van der Waals surface area (Å²) in [5.41, 5.74) is 0.109. The molecule has 0 bridgehead atoms. The van der Waals surface area contributed by atoms with E-state index in [9.17, 15) is 14.7 Å². The molecule has 0 radical (unpaired) electrons. The lowest BCUT2D eigenvalue weighted by Crippen LogP contribution is -2.18. The van der Waals surface area contributed by atoms with Crippen molar-refractivity contribution in [3.05, 3.63) is 23.8 Å². The molecule has 0 aliphatic carbocycles. The first-order valence-corrected chi connectivity index (χ1v) is 5.05. The molecule has 4 N–H and O–H groups in total. The van der Waals surface area contributed by atoms with Gasteiger partial charge in [-0.05, 0) is 25.2 Å². The van der Waals surface area contributed by atoms with Crippen LogP contribution in [0.15, 0.2) is 18.2 Å². The number of hydrogen-bond acceptors (Lipinski definition) is 4. The van der Waals surface area contributed by atoms with Gasteiger partial charge >= 0.3 is 5.97 Å². The minimum Gasteiger partial charge on any atom is -0.507 e. The fraction of sp³-hybridized carbons (Fsp3) is 0.273. The predicted octanol–water partition coefficient (Wildman–Crippen LogP) is 0.638. The molecule has 17 heavy (non-hydrogen) atoms. The molecule has 0 spiro atoms. The van der Waals surface area contributed by atoms with E-state index in [4.69, 9.17) is 5.11 Å². The molecule has 0 atom stereocenters. The molecular weight excluding hydrogens is 224 g/mol. The van der Waals surface area contributed by atoms with Gasteiger partial charge in [0.2, 0.25) is 5.91 Å². The van der Waals surface area contributed by atoms with Gasteiger partial charge in [0.25, 0.3) is 0 Å². The third-order valence-corrected chi connectivity index (χ3v) is 2.11. The van der Waals surface area contributed by atoms with Crippen LogP contribution in [0.4, 0.5) is 5.69 Å². The van der Waals surface area contributed by atoms with Crippen LogP contribution in [0, 0.1) is 0 Å². The monoisotopic (exact) mass is 238 g/mol. The second kappa shape index (κ2) is 5.86. The third-order valence-electron chi connectivity index (χ3n) is 2.11. The van der Waals surface area contributed by atoms with E-state index in [2.05, 4.69) is 10.6 Å². The summed E-state index contributed by atoms with van der Waals surface area (Å²) in [7, 11) is 1.73. The van der Waals surface area contributed by atoms with Crippen molar-refractivity contribution in [1.82, 2.24) is 5.32 Å². The maximum Gasteiger partial charge on any atom is 0.339 e. The Morgan fingerprint density at radius 1 is 1.35 bits per heavy atom. The van der Waals surface area contributed by atoms with E-state index in [1.165, 1.54) is 18.2 Å². The highest BCUT2D eigenvalue weighted by Gasteiger charge is 2.11. The molecule has 0 heterocycles. The standard InChI is InChI=1S/C11H14N2O4/c1-12-5-4-10(15)13-7-2-3-9(14)8(6-7)11(16)17/h2-3,6,12,14H,4-5H2,1H3,(H,13,15)(H,16,17). The lowest BCUT2D eigenvalue weighted by atomic mass is 10.1. The van der Waals surface area contributed by atoms with E-state index in [1.807, 2.05) is 0 Å². The van der Waals surface area contributed by atoms with Crippen LogP contribution in [0.25, 0.3) is 0 Å². The van der Waals surface area contributed by atoms with Gasteiger partial charge in [-0.1, -0.05) is 0 Å². The van der Waals surface area contributed by atoms with Crippen molar-refractivity contribution in [2.75, 3.05) is 18.9 Å². The molecular formula is C11H14N2O4. The quantitative estimate of drug-likeness (QED) is 0.564. The van der Waals surface area contributed by atoms with Crippen LogP contribution in [-0.4, -0.2) is 35.7 Å². The van der Waals surface area contributed by atoms with Crippen LogP contribution in [0.2, 0.25) is 0 Å². The SMILES string of the molecule is CNCCC(=O)Nc1ccc(O)c(C(=O)O)c1. The molecule has 0 saturated heterocycles. The Bertz CT molecular complexity index is 431. The Hall–Kier alpha value is -2.08. The van der Waals surface area contributed by atoms with Gasteiger partial charge in [0.1, 0.15) is 11.3 Å². The summed E-state index contributed by atoms with van der Waals surface area (Å²) in [4.78, 5) is 22.1. The normalized spacial score (nSPS) is 9.94. The molecule has 0 unspecified atom stereocenters. The Morgan fingerprint density at radius 2 is 2.06 bits per heavy atom. The summed E-state index contributed by atoms with van der Waals surface area (Å²) < 4.78 is 0. The van der Waals surface area contributed by atoms with E-state index in [0.717, 1.165) is 0 Å². The number of anilines is 1. The highest BCUT2D eigenvalue weighted by atomic mass is 16.4. The van der Waals surface area contributed by atoms with Gasteiger partial charge in [-0.3, -0.25) is 4.79 Å². The van der Waals surface area contributed by atoms with Gasteiger partial charge in [0, 0.05) is 18.7 Å². The second-order valence-electron chi connectivity index (χ2n) is 3.44. The lowest BCUT2D eigenvalue weighted by molar-refractivity contribution is -0.116. The number of aromatic carboxylic acids is 1. The molecule has 1 aromatic rings. The Morgan fingerprint density at radius 3 is 2.65 bits per heavy atom. The number of phenols is 1. The molecule has 0 fully saturated rings. The molecule has 1 rings (SSSR count). The van der Waals surface area contributed by atoms with Crippen molar-refractivity contribution in [2.24, 2.45) is 0 Å². The number of carbonyl (C=O) groups is 2. The number of aromatic hydroxyl groups is 1. The van der Waals surface area contributed by atoms with E-state index < -0.39 is 5.97 Å². The minimum atomic E-state index is -1.24. The number of carboxylic acid groups (broad SMARTS) is 1. The van der Waals surface area contributed by atoms with Crippen LogP contribution in [0.3, 0.4) is 0 Å². The van der Waals surface area contributed by atoms with Gasteiger partial charge in [0.15, 0.2) is 0 Å². The summed E-state index contributed by atoms with van der Waals surface area (Å²) >= 11 is 0. The van der Waals surface area contributed by atoms with Crippen LogP contribution < -0.4 is 10.6 Å². The minimum absolute atomic E-state index is 0.221. The highest BCUT2D eigenvalue weighted by molar-refractivity contribution is 5.95. The summed E-state index contributed by atoms with van der Waals surface area (Å²) in [5, 5.41) is 23.4. The molecule has 0 aromatic heterocycles. The first-order chi connectivity index (χ1) is 8.04. The summed E-state index contributed by atoms with van der Waals surface area (Å²) in [6.45, 7) is 0.537. The number of rotatable bonds is 5. The average Bonchev–Trinajstić information content (AvgIpc) is 2.28. The molecule has 6 heteroatoms. The third kappa shape index (κ3) is 3.76. The van der Waals surface area contributed by atoms with E-state index in [1.54, 1.807) is 7.05 Å². The molecule has 0 saturated carbocycles. The van der Waals surface area contributed by atoms with Crippen molar-refractivity contribution < 1.29 is 19.8 Å². The van der Waals surface area contributed by atoms with Crippen molar-refractivity contribution in [3.63, 3.8) is 0 Å². The van der Waals surface area contributed by atoms with Gasteiger partial charge in [-0.2, -0.15) is 0 Å². The lowest BCUT2D eigenvalue weighted by Gasteiger charge is -2.07. The smallest absolute Gasteiger partial charge is 0.339 e. The van der Waals surface area contributed by atoms with Crippen molar-refractivity contribution in [2.45, 2.75) is 6.42 Å². The topological polar surface area (TPSA) is 98.7 Å². The zero-order valence-electron chi connectivity index (χ0n) is 9.36.